The predicted molar refractivity (Wildman–Crippen MR) is 53.9 cm³/mol. The van der Waals surface area contributed by atoms with E-state index in [1.807, 2.05) is 13.0 Å². The number of aliphatic hydroxyl groups excluding tert-OH is 3. The van der Waals surface area contributed by atoms with Gasteiger partial charge in [0.05, 0.1) is 18.2 Å². The number of rotatable bonds is 3. The van der Waals surface area contributed by atoms with E-state index >= 15 is 0 Å². The Kier molecular flexibility index (Phi) is 3.81. The summed E-state index contributed by atoms with van der Waals surface area (Å²) in [6, 6.07) is 6.89. The molecule has 1 aromatic rings. The van der Waals surface area contributed by atoms with Gasteiger partial charge in [-0.1, -0.05) is 17.7 Å². The van der Waals surface area contributed by atoms with Gasteiger partial charge in [-0.25, -0.2) is 0 Å². The highest BCUT2D eigenvalue weighted by molar-refractivity contribution is 5.41. The van der Waals surface area contributed by atoms with Crippen LogP contribution in [0.4, 0.5) is 0 Å². The largest absolute Gasteiger partial charge is 0.394 e. The summed E-state index contributed by atoms with van der Waals surface area (Å²) in [5, 5.41) is 36.5. The quantitative estimate of drug-likeness (QED) is 0.663. The molecule has 0 aliphatic rings. The van der Waals surface area contributed by atoms with Crippen LogP contribution in [0, 0.1) is 18.3 Å². The Morgan fingerprint density at radius 1 is 1.40 bits per heavy atom. The highest BCUT2D eigenvalue weighted by atomic mass is 16.4. The average molecular weight is 207 g/mol. The summed E-state index contributed by atoms with van der Waals surface area (Å²) in [6.07, 6.45) is -2.50. The fourth-order valence-electron chi connectivity index (χ4n) is 1.34. The molecule has 15 heavy (non-hydrogen) atoms. The van der Waals surface area contributed by atoms with Crippen molar-refractivity contribution in [3.8, 4) is 6.07 Å². The van der Waals surface area contributed by atoms with Crippen LogP contribution in [-0.4, -0.2) is 28.0 Å². The van der Waals surface area contributed by atoms with Gasteiger partial charge in [0, 0.05) is 5.56 Å². The summed E-state index contributed by atoms with van der Waals surface area (Å²) in [7, 11) is 0. The zero-order chi connectivity index (χ0) is 11.4. The van der Waals surface area contributed by atoms with Gasteiger partial charge in [-0.2, -0.15) is 5.26 Å². The van der Waals surface area contributed by atoms with Crippen LogP contribution in [0.3, 0.4) is 0 Å². The van der Waals surface area contributed by atoms with Crippen molar-refractivity contribution in [2.45, 2.75) is 19.1 Å². The molecule has 0 heterocycles. The minimum absolute atomic E-state index is 0.306. The van der Waals surface area contributed by atoms with E-state index in [-0.39, 0.29) is 0 Å². The van der Waals surface area contributed by atoms with E-state index in [1.54, 1.807) is 18.2 Å². The van der Waals surface area contributed by atoms with Gasteiger partial charge in [-0.3, -0.25) is 0 Å². The second-order valence-corrected chi connectivity index (χ2v) is 3.40. The van der Waals surface area contributed by atoms with E-state index < -0.39 is 18.8 Å². The highest BCUT2D eigenvalue weighted by Gasteiger charge is 2.20. The molecule has 0 bridgehead atoms. The maximum Gasteiger partial charge on any atom is 0.108 e. The van der Waals surface area contributed by atoms with Crippen LogP contribution < -0.4 is 0 Å². The van der Waals surface area contributed by atoms with Crippen LogP contribution >= 0.6 is 0 Å². The van der Waals surface area contributed by atoms with Crippen molar-refractivity contribution in [3.05, 3.63) is 34.9 Å². The second kappa shape index (κ2) is 4.89. The molecule has 0 aromatic heterocycles. The molecule has 0 saturated carbocycles. The zero-order valence-electron chi connectivity index (χ0n) is 8.38. The van der Waals surface area contributed by atoms with Gasteiger partial charge in [0.25, 0.3) is 0 Å². The third-order valence-electron chi connectivity index (χ3n) is 2.20. The van der Waals surface area contributed by atoms with E-state index in [0.717, 1.165) is 5.56 Å². The summed E-state index contributed by atoms with van der Waals surface area (Å²) >= 11 is 0. The first-order valence-electron chi connectivity index (χ1n) is 4.57. The van der Waals surface area contributed by atoms with E-state index in [9.17, 15) is 10.2 Å². The van der Waals surface area contributed by atoms with Crippen molar-refractivity contribution in [1.29, 1.82) is 5.26 Å². The summed E-state index contributed by atoms with van der Waals surface area (Å²) in [5.41, 5.74) is 1.54. The first-order valence-corrected chi connectivity index (χ1v) is 4.57. The lowest BCUT2D eigenvalue weighted by molar-refractivity contribution is -0.0154. The molecule has 0 fully saturated rings. The van der Waals surface area contributed by atoms with Crippen molar-refractivity contribution in [3.63, 3.8) is 0 Å². The molecule has 2 unspecified atom stereocenters. The monoisotopic (exact) mass is 207 g/mol. The van der Waals surface area contributed by atoms with Gasteiger partial charge >= 0.3 is 0 Å². The van der Waals surface area contributed by atoms with E-state index in [4.69, 9.17) is 10.4 Å². The summed E-state index contributed by atoms with van der Waals surface area (Å²) in [4.78, 5) is 0. The Morgan fingerprint density at radius 3 is 2.60 bits per heavy atom. The zero-order valence-corrected chi connectivity index (χ0v) is 8.38. The van der Waals surface area contributed by atoms with E-state index in [2.05, 4.69) is 0 Å². The molecule has 4 heteroatoms. The minimum Gasteiger partial charge on any atom is -0.394 e. The van der Waals surface area contributed by atoms with Crippen LogP contribution in [0.2, 0.25) is 0 Å². The Labute approximate surface area is 88.0 Å². The Balaban J connectivity index is 3.12. The maximum atomic E-state index is 9.66. The molecule has 1 rings (SSSR count). The van der Waals surface area contributed by atoms with Gasteiger partial charge in [0.1, 0.15) is 12.2 Å². The SMILES string of the molecule is Cc1ccc(C#N)c(C(O)C(O)CO)c1. The smallest absolute Gasteiger partial charge is 0.108 e. The standard InChI is InChI=1S/C11H13NO3/c1-7-2-3-8(5-12)9(4-7)11(15)10(14)6-13/h2-4,10-11,13-15H,6H2,1H3. The first-order chi connectivity index (χ1) is 7.10. The van der Waals surface area contributed by atoms with Crippen molar-refractivity contribution in [2.75, 3.05) is 6.61 Å². The summed E-state index contributed by atoms with van der Waals surface area (Å²) < 4.78 is 0. The molecule has 3 N–H and O–H groups in total. The Hall–Kier alpha value is -1.41. The predicted octanol–water partition coefficient (Wildman–Crippen LogP) is 0.253. The number of nitriles is 1. The Morgan fingerprint density at radius 2 is 2.07 bits per heavy atom. The molecule has 2 atom stereocenters. The molecule has 0 amide bonds. The first kappa shape index (κ1) is 11.7. The lowest BCUT2D eigenvalue weighted by Gasteiger charge is -2.17. The molecule has 0 radical (unpaired) electrons. The highest BCUT2D eigenvalue weighted by Crippen LogP contribution is 2.21. The molecular weight excluding hydrogens is 194 g/mol. The topological polar surface area (TPSA) is 84.5 Å². The lowest BCUT2D eigenvalue weighted by Crippen LogP contribution is -2.22. The van der Waals surface area contributed by atoms with Crippen molar-refractivity contribution in [1.82, 2.24) is 0 Å². The van der Waals surface area contributed by atoms with E-state index in [1.165, 1.54) is 0 Å². The third kappa shape index (κ3) is 2.54. The molecule has 0 aliphatic carbocycles. The number of nitrogens with zero attached hydrogens (tertiary/aromatic N) is 1. The third-order valence-corrected chi connectivity index (χ3v) is 2.20. The number of aryl methyl sites for hydroxylation is 1. The molecule has 0 aliphatic heterocycles. The van der Waals surface area contributed by atoms with Crippen LogP contribution in [0.25, 0.3) is 0 Å². The summed E-state index contributed by atoms with van der Waals surface area (Å²) in [6.45, 7) is 1.28. The van der Waals surface area contributed by atoms with Crippen molar-refractivity contribution >= 4 is 0 Å². The fourth-order valence-corrected chi connectivity index (χ4v) is 1.34. The van der Waals surface area contributed by atoms with Crippen LogP contribution in [0.1, 0.15) is 22.8 Å². The molecule has 1 aromatic carbocycles. The number of aliphatic hydroxyl groups is 3. The summed E-state index contributed by atoms with van der Waals surface area (Å²) in [5.74, 6) is 0. The lowest BCUT2D eigenvalue weighted by atomic mass is 9.97. The molecule has 0 saturated heterocycles. The normalized spacial score (nSPS) is 14.3. The maximum absolute atomic E-state index is 9.66. The van der Waals surface area contributed by atoms with Gasteiger partial charge in [-0.05, 0) is 13.0 Å². The van der Waals surface area contributed by atoms with Crippen LogP contribution in [0.15, 0.2) is 18.2 Å². The van der Waals surface area contributed by atoms with Crippen molar-refractivity contribution < 1.29 is 15.3 Å². The number of hydrogen-bond acceptors (Lipinski definition) is 4. The van der Waals surface area contributed by atoms with Gasteiger partial charge in [-0.15, -0.1) is 0 Å². The molecule has 0 spiro atoms. The number of benzene rings is 1. The van der Waals surface area contributed by atoms with Gasteiger partial charge < -0.3 is 15.3 Å². The Bertz CT molecular complexity index is 384. The van der Waals surface area contributed by atoms with Crippen LogP contribution in [0.5, 0.6) is 0 Å². The fraction of sp³-hybridized carbons (Fsp3) is 0.364. The molecular formula is C11H13NO3. The second-order valence-electron chi connectivity index (χ2n) is 3.40. The molecule has 80 valence electrons. The van der Waals surface area contributed by atoms with Gasteiger partial charge in [0.2, 0.25) is 0 Å². The number of hydrogen-bond donors (Lipinski definition) is 3. The average Bonchev–Trinajstić information content (AvgIpc) is 2.27. The van der Waals surface area contributed by atoms with Gasteiger partial charge in [0.15, 0.2) is 0 Å². The molecule has 4 nitrogen and oxygen atoms in total. The van der Waals surface area contributed by atoms with E-state index in [0.29, 0.717) is 11.1 Å². The van der Waals surface area contributed by atoms with Crippen LogP contribution in [-0.2, 0) is 0 Å². The minimum atomic E-state index is -1.26. The van der Waals surface area contributed by atoms with Crippen molar-refractivity contribution in [2.24, 2.45) is 0 Å².